The van der Waals surface area contributed by atoms with Gasteiger partial charge in [-0.25, -0.2) is 0 Å². The number of nitrogens with one attached hydrogen (secondary N) is 1. The summed E-state index contributed by atoms with van der Waals surface area (Å²) >= 11 is 0. The van der Waals surface area contributed by atoms with Crippen molar-refractivity contribution in [2.45, 2.75) is 39.8 Å². The SMILES string of the molecule is CCN[C@@H](C)Cn1ncc2ccc3oc(CC)cc3c21. The van der Waals surface area contributed by atoms with Crippen LogP contribution in [0.3, 0.4) is 0 Å². The van der Waals surface area contributed by atoms with Crippen LogP contribution in [0.5, 0.6) is 0 Å². The first-order valence-corrected chi connectivity index (χ1v) is 7.33. The van der Waals surface area contributed by atoms with Gasteiger partial charge in [-0.2, -0.15) is 5.10 Å². The summed E-state index contributed by atoms with van der Waals surface area (Å²) in [6.45, 7) is 8.26. The average Bonchev–Trinajstić information content (AvgIpc) is 3.02. The maximum atomic E-state index is 5.85. The molecule has 0 aliphatic heterocycles. The Morgan fingerprint density at radius 1 is 1.35 bits per heavy atom. The summed E-state index contributed by atoms with van der Waals surface area (Å²) in [7, 11) is 0. The van der Waals surface area contributed by atoms with E-state index in [4.69, 9.17) is 4.42 Å². The smallest absolute Gasteiger partial charge is 0.136 e. The molecule has 0 spiro atoms. The number of nitrogens with zero attached hydrogens (tertiary/aromatic N) is 2. The predicted octanol–water partition coefficient (Wildman–Crippen LogP) is 3.34. The molecule has 0 bridgehead atoms. The molecule has 0 amide bonds. The average molecular weight is 271 g/mol. The molecule has 1 N–H and O–H groups in total. The van der Waals surface area contributed by atoms with Crippen LogP contribution in [-0.2, 0) is 13.0 Å². The van der Waals surface area contributed by atoms with Crippen LogP contribution >= 0.6 is 0 Å². The van der Waals surface area contributed by atoms with Gasteiger partial charge in [-0.05, 0) is 31.7 Å². The molecule has 2 aromatic heterocycles. The van der Waals surface area contributed by atoms with E-state index >= 15 is 0 Å². The molecular formula is C16H21N3O. The summed E-state index contributed by atoms with van der Waals surface area (Å²) in [5.74, 6) is 1.03. The lowest BCUT2D eigenvalue weighted by Gasteiger charge is -2.13. The zero-order valence-electron chi connectivity index (χ0n) is 12.3. The Hall–Kier alpha value is -1.81. The van der Waals surface area contributed by atoms with Crippen molar-refractivity contribution in [3.63, 3.8) is 0 Å². The van der Waals surface area contributed by atoms with Crippen molar-refractivity contribution < 1.29 is 4.42 Å². The molecule has 0 saturated carbocycles. The fourth-order valence-corrected chi connectivity index (χ4v) is 2.73. The van der Waals surface area contributed by atoms with Gasteiger partial charge in [0.05, 0.1) is 18.3 Å². The van der Waals surface area contributed by atoms with Crippen molar-refractivity contribution in [1.82, 2.24) is 15.1 Å². The highest BCUT2D eigenvalue weighted by atomic mass is 16.3. The molecule has 0 radical (unpaired) electrons. The van der Waals surface area contributed by atoms with E-state index in [0.29, 0.717) is 6.04 Å². The van der Waals surface area contributed by atoms with E-state index in [2.05, 4.69) is 48.0 Å². The van der Waals surface area contributed by atoms with Gasteiger partial charge in [0.1, 0.15) is 11.3 Å². The molecule has 0 aliphatic carbocycles. The zero-order valence-corrected chi connectivity index (χ0v) is 12.3. The van der Waals surface area contributed by atoms with Gasteiger partial charge in [0.15, 0.2) is 0 Å². The number of rotatable bonds is 5. The van der Waals surface area contributed by atoms with Crippen LogP contribution in [0.4, 0.5) is 0 Å². The maximum Gasteiger partial charge on any atom is 0.136 e. The number of hydrogen-bond donors (Lipinski definition) is 1. The molecule has 3 aromatic rings. The molecule has 20 heavy (non-hydrogen) atoms. The molecular weight excluding hydrogens is 250 g/mol. The third kappa shape index (κ3) is 2.20. The third-order valence-corrected chi connectivity index (χ3v) is 3.70. The number of aryl methyl sites for hydroxylation is 1. The number of likely N-dealkylation sites (N-methyl/N-ethyl adjacent to an activating group) is 1. The van der Waals surface area contributed by atoms with Crippen LogP contribution in [0.2, 0.25) is 0 Å². The number of furan rings is 1. The normalized spacial score (nSPS) is 13.3. The Kier molecular flexibility index (Phi) is 3.49. The molecule has 4 nitrogen and oxygen atoms in total. The molecule has 3 rings (SSSR count). The summed E-state index contributed by atoms with van der Waals surface area (Å²) in [6, 6.07) is 6.67. The van der Waals surface area contributed by atoms with E-state index in [9.17, 15) is 0 Å². The molecule has 0 fully saturated rings. The lowest BCUT2D eigenvalue weighted by atomic mass is 10.2. The van der Waals surface area contributed by atoms with Gasteiger partial charge in [0.2, 0.25) is 0 Å². The quantitative estimate of drug-likeness (QED) is 0.774. The topological polar surface area (TPSA) is 43.0 Å². The van der Waals surface area contributed by atoms with E-state index < -0.39 is 0 Å². The summed E-state index contributed by atoms with van der Waals surface area (Å²) in [4.78, 5) is 0. The second-order valence-electron chi connectivity index (χ2n) is 5.27. The first kappa shape index (κ1) is 13.2. The minimum absolute atomic E-state index is 0.399. The largest absolute Gasteiger partial charge is 0.461 e. The van der Waals surface area contributed by atoms with E-state index in [-0.39, 0.29) is 0 Å². The summed E-state index contributed by atoms with van der Waals surface area (Å²) in [5.41, 5.74) is 2.13. The molecule has 2 heterocycles. The van der Waals surface area contributed by atoms with Crippen molar-refractivity contribution in [3.8, 4) is 0 Å². The summed E-state index contributed by atoms with van der Waals surface area (Å²) in [6.07, 6.45) is 2.85. The molecule has 4 heteroatoms. The monoisotopic (exact) mass is 271 g/mol. The van der Waals surface area contributed by atoms with Gasteiger partial charge < -0.3 is 9.73 Å². The second kappa shape index (κ2) is 5.29. The Bertz CT molecular complexity index is 726. The highest BCUT2D eigenvalue weighted by molar-refractivity contribution is 6.03. The van der Waals surface area contributed by atoms with E-state index in [1.165, 1.54) is 16.3 Å². The van der Waals surface area contributed by atoms with Gasteiger partial charge in [0, 0.05) is 23.2 Å². The van der Waals surface area contributed by atoms with Crippen molar-refractivity contribution in [2.75, 3.05) is 6.54 Å². The van der Waals surface area contributed by atoms with Gasteiger partial charge in [0.25, 0.3) is 0 Å². The standard InChI is InChI=1S/C16H21N3O/c1-4-13-8-14-15(20-13)7-6-12-9-18-19(16(12)14)10-11(3)17-5-2/h6-9,11,17H,4-5,10H2,1-3H3/t11-/m0/s1. The van der Waals surface area contributed by atoms with Crippen molar-refractivity contribution >= 4 is 21.9 Å². The first-order chi connectivity index (χ1) is 9.72. The minimum atomic E-state index is 0.399. The highest BCUT2D eigenvalue weighted by Crippen LogP contribution is 2.28. The number of benzene rings is 1. The molecule has 106 valence electrons. The molecule has 1 atom stereocenters. The van der Waals surface area contributed by atoms with E-state index in [1.54, 1.807) is 0 Å². The molecule has 0 unspecified atom stereocenters. The Labute approximate surface area is 118 Å². The van der Waals surface area contributed by atoms with Gasteiger partial charge in [-0.15, -0.1) is 0 Å². The molecule has 0 aliphatic rings. The summed E-state index contributed by atoms with van der Waals surface area (Å²) < 4.78 is 7.93. The minimum Gasteiger partial charge on any atom is -0.461 e. The maximum absolute atomic E-state index is 5.85. The van der Waals surface area contributed by atoms with Crippen LogP contribution in [0.25, 0.3) is 21.9 Å². The van der Waals surface area contributed by atoms with Gasteiger partial charge >= 0.3 is 0 Å². The fraction of sp³-hybridized carbons (Fsp3) is 0.438. The number of aromatic nitrogens is 2. The van der Waals surface area contributed by atoms with Crippen LogP contribution in [0.15, 0.2) is 28.8 Å². The van der Waals surface area contributed by atoms with Gasteiger partial charge in [-0.1, -0.05) is 13.8 Å². The van der Waals surface area contributed by atoms with Crippen LogP contribution in [0, 0.1) is 0 Å². The van der Waals surface area contributed by atoms with Gasteiger partial charge in [-0.3, -0.25) is 4.68 Å². The van der Waals surface area contributed by atoms with Crippen LogP contribution in [-0.4, -0.2) is 22.4 Å². The lowest BCUT2D eigenvalue weighted by molar-refractivity contribution is 0.470. The number of hydrogen-bond acceptors (Lipinski definition) is 3. The first-order valence-electron chi connectivity index (χ1n) is 7.33. The van der Waals surface area contributed by atoms with Crippen molar-refractivity contribution in [1.29, 1.82) is 0 Å². The van der Waals surface area contributed by atoms with E-state index in [0.717, 1.165) is 30.9 Å². The Morgan fingerprint density at radius 3 is 2.95 bits per heavy atom. The Morgan fingerprint density at radius 2 is 2.20 bits per heavy atom. The second-order valence-corrected chi connectivity index (χ2v) is 5.27. The fourth-order valence-electron chi connectivity index (χ4n) is 2.73. The Balaban J connectivity index is 2.10. The van der Waals surface area contributed by atoms with Crippen LogP contribution in [0.1, 0.15) is 26.5 Å². The lowest BCUT2D eigenvalue weighted by Crippen LogP contribution is -2.30. The van der Waals surface area contributed by atoms with Crippen molar-refractivity contribution in [2.24, 2.45) is 0 Å². The summed E-state index contributed by atoms with van der Waals surface area (Å²) in [5, 5.41) is 10.3. The number of fused-ring (bicyclic) bond motifs is 3. The highest BCUT2D eigenvalue weighted by Gasteiger charge is 2.12. The third-order valence-electron chi connectivity index (χ3n) is 3.70. The van der Waals surface area contributed by atoms with E-state index in [1.807, 2.05) is 12.3 Å². The zero-order chi connectivity index (χ0) is 14.1. The molecule has 0 saturated heterocycles. The van der Waals surface area contributed by atoms with Crippen LogP contribution < -0.4 is 5.32 Å². The predicted molar refractivity (Wildman–Crippen MR) is 82.0 cm³/mol. The molecule has 1 aromatic carbocycles. The van der Waals surface area contributed by atoms with Crippen molar-refractivity contribution in [3.05, 3.63) is 30.2 Å².